The maximum absolute atomic E-state index is 9.72. The molecule has 8 rings (SSSR count). The summed E-state index contributed by atoms with van der Waals surface area (Å²) in [5, 5.41) is 21.2. The van der Waals surface area contributed by atoms with Gasteiger partial charge in [-0.3, -0.25) is 4.98 Å². The van der Waals surface area contributed by atoms with Gasteiger partial charge in [-0.05, 0) is 60.2 Å². The van der Waals surface area contributed by atoms with Crippen molar-refractivity contribution in [2.45, 2.75) is 0 Å². The first-order valence-corrected chi connectivity index (χ1v) is 15.0. The first-order chi connectivity index (χ1) is 23.2. The second-order valence-electron chi connectivity index (χ2n) is 11.0. The fourth-order valence-corrected chi connectivity index (χ4v) is 5.99. The van der Waals surface area contributed by atoms with Crippen molar-refractivity contribution in [1.82, 2.24) is 24.5 Å². The number of hydrogen-bond donors (Lipinski definition) is 0. The van der Waals surface area contributed by atoms with E-state index in [0.717, 1.165) is 55.3 Å². The lowest BCUT2D eigenvalue weighted by atomic mass is 10.0. The second kappa shape index (κ2) is 11.5. The molecule has 3 heterocycles. The molecule has 0 aliphatic heterocycles. The summed E-state index contributed by atoms with van der Waals surface area (Å²) < 4.78 is 2.18. The van der Waals surface area contributed by atoms with Crippen molar-refractivity contribution < 1.29 is 0 Å². The molecule has 0 spiro atoms. The van der Waals surface area contributed by atoms with Crippen molar-refractivity contribution >= 4 is 21.8 Å². The average Bonchev–Trinajstić information content (AvgIpc) is 3.48. The molecule has 5 aromatic carbocycles. The van der Waals surface area contributed by atoms with Crippen LogP contribution in [0.3, 0.4) is 0 Å². The number of nitrogens with zero attached hydrogens (tertiary/aromatic N) is 7. The lowest BCUT2D eigenvalue weighted by molar-refractivity contribution is 1.07. The minimum absolute atomic E-state index is 0.541. The van der Waals surface area contributed by atoms with E-state index in [2.05, 4.69) is 33.8 Å². The van der Waals surface area contributed by atoms with Gasteiger partial charge in [-0.15, -0.1) is 0 Å². The Hall–Kier alpha value is -6.96. The van der Waals surface area contributed by atoms with E-state index in [4.69, 9.17) is 15.0 Å². The van der Waals surface area contributed by atoms with Crippen LogP contribution in [0.4, 0.5) is 0 Å². The molecular formula is C40H23N7. The van der Waals surface area contributed by atoms with Crippen molar-refractivity contribution in [3.05, 3.63) is 151 Å². The molecule has 0 aliphatic rings. The molecule has 0 N–H and O–H groups in total. The van der Waals surface area contributed by atoms with Crippen LogP contribution in [0.2, 0.25) is 0 Å². The van der Waals surface area contributed by atoms with E-state index in [1.165, 1.54) is 0 Å². The predicted octanol–water partition coefficient (Wildman–Crippen LogP) is 8.78. The first kappa shape index (κ1) is 27.6. The van der Waals surface area contributed by atoms with Gasteiger partial charge in [0.25, 0.3) is 0 Å². The van der Waals surface area contributed by atoms with E-state index in [1.54, 1.807) is 12.4 Å². The van der Waals surface area contributed by atoms with Crippen molar-refractivity contribution in [2.24, 2.45) is 0 Å². The average molecular weight is 602 g/mol. The number of aromatic nitrogens is 5. The Labute approximate surface area is 270 Å². The molecule has 47 heavy (non-hydrogen) atoms. The van der Waals surface area contributed by atoms with Gasteiger partial charge in [-0.25, -0.2) is 15.0 Å². The number of hydrogen-bond acceptors (Lipinski definition) is 6. The zero-order valence-electron chi connectivity index (χ0n) is 24.9. The summed E-state index contributed by atoms with van der Waals surface area (Å²) in [7, 11) is 0. The summed E-state index contributed by atoms with van der Waals surface area (Å²) in [6, 6.07) is 45.9. The maximum Gasteiger partial charge on any atom is 0.164 e. The normalized spacial score (nSPS) is 10.9. The SMILES string of the molecule is N#Cc1ccc2c(c1)c1cc(C#N)ccc1n2-c1cc(-c2nc(-c3ccccc3)nc(-c3ccccc3)n2)ccc1-c1ccncc1. The predicted molar refractivity (Wildman–Crippen MR) is 183 cm³/mol. The molecule has 0 saturated heterocycles. The van der Waals surface area contributed by atoms with Gasteiger partial charge in [-0.2, -0.15) is 10.5 Å². The van der Waals surface area contributed by atoms with Crippen LogP contribution in [0.5, 0.6) is 0 Å². The van der Waals surface area contributed by atoms with Crippen molar-refractivity contribution in [3.63, 3.8) is 0 Å². The second-order valence-corrected chi connectivity index (χ2v) is 11.0. The van der Waals surface area contributed by atoms with Crippen molar-refractivity contribution in [3.8, 4) is 63.1 Å². The quantitative estimate of drug-likeness (QED) is 0.195. The Morgan fingerprint density at radius 3 is 1.49 bits per heavy atom. The van der Waals surface area contributed by atoms with Gasteiger partial charge in [0.2, 0.25) is 0 Å². The van der Waals surface area contributed by atoms with Gasteiger partial charge in [0.15, 0.2) is 17.5 Å². The van der Waals surface area contributed by atoms with Gasteiger partial charge >= 0.3 is 0 Å². The molecule has 0 amide bonds. The van der Waals surface area contributed by atoms with Gasteiger partial charge in [0.05, 0.1) is 40.0 Å². The van der Waals surface area contributed by atoms with Crippen molar-refractivity contribution in [1.29, 1.82) is 10.5 Å². The lowest BCUT2D eigenvalue weighted by Gasteiger charge is -2.16. The molecule has 7 nitrogen and oxygen atoms in total. The third kappa shape index (κ3) is 4.95. The Balaban J connectivity index is 1.43. The molecule has 0 unspecified atom stereocenters. The first-order valence-electron chi connectivity index (χ1n) is 15.0. The van der Waals surface area contributed by atoms with Gasteiger partial charge in [-0.1, -0.05) is 72.8 Å². The van der Waals surface area contributed by atoms with Crippen LogP contribution in [0, 0.1) is 22.7 Å². The zero-order chi connectivity index (χ0) is 31.7. The van der Waals surface area contributed by atoms with E-state index in [1.807, 2.05) is 115 Å². The van der Waals surface area contributed by atoms with Crippen LogP contribution in [0.1, 0.15) is 11.1 Å². The Morgan fingerprint density at radius 2 is 0.979 bits per heavy atom. The zero-order valence-corrected chi connectivity index (χ0v) is 24.9. The largest absolute Gasteiger partial charge is 0.309 e. The van der Waals surface area contributed by atoms with Crippen LogP contribution in [-0.2, 0) is 0 Å². The lowest BCUT2D eigenvalue weighted by Crippen LogP contribution is -2.02. The molecule has 0 saturated carbocycles. The number of fused-ring (bicyclic) bond motifs is 3. The third-order valence-electron chi connectivity index (χ3n) is 8.21. The molecule has 0 bridgehead atoms. The fourth-order valence-electron chi connectivity index (χ4n) is 5.99. The number of rotatable bonds is 5. The smallest absolute Gasteiger partial charge is 0.164 e. The number of nitriles is 2. The summed E-state index contributed by atoms with van der Waals surface area (Å²) in [5.74, 6) is 1.71. The number of pyridine rings is 1. The maximum atomic E-state index is 9.72. The third-order valence-corrected chi connectivity index (χ3v) is 8.21. The van der Waals surface area contributed by atoms with Crippen LogP contribution in [0.15, 0.2) is 140 Å². The molecule has 3 aromatic heterocycles. The minimum Gasteiger partial charge on any atom is -0.309 e. The molecule has 8 aromatic rings. The monoisotopic (exact) mass is 601 g/mol. The van der Waals surface area contributed by atoms with E-state index >= 15 is 0 Å². The Morgan fingerprint density at radius 1 is 0.468 bits per heavy atom. The van der Waals surface area contributed by atoms with Gasteiger partial charge in [0.1, 0.15) is 0 Å². The fraction of sp³-hybridized carbons (Fsp3) is 0. The van der Waals surface area contributed by atoms with Crippen LogP contribution in [-0.4, -0.2) is 24.5 Å². The summed E-state index contributed by atoms with van der Waals surface area (Å²) >= 11 is 0. The van der Waals surface area contributed by atoms with Crippen LogP contribution in [0.25, 0.3) is 72.8 Å². The summed E-state index contributed by atoms with van der Waals surface area (Å²) in [4.78, 5) is 19.1. The Bertz CT molecular complexity index is 2400. The molecule has 218 valence electrons. The van der Waals surface area contributed by atoms with E-state index < -0.39 is 0 Å². The van der Waals surface area contributed by atoms with E-state index in [9.17, 15) is 10.5 Å². The van der Waals surface area contributed by atoms with Gasteiger partial charge < -0.3 is 4.57 Å². The summed E-state index contributed by atoms with van der Waals surface area (Å²) in [6.45, 7) is 0. The number of benzene rings is 5. The standard InChI is InChI=1S/C40H23N7/c41-24-26-11-15-35-33(21-26)34-22-27(25-42)12-16-36(34)47(35)37-23-31(13-14-32(37)28-17-19-43-20-18-28)40-45-38(29-7-3-1-4-8-29)44-39(46-40)30-9-5-2-6-10-30/h1-23H. The summed E-state index contributed by atoms with van der Waals surface area (Å²) in [6.07, 6.45) is 3.56. The molecule has 0 atom stereocenters. The highest BCUT2D eigenvalue weighted by molar-refractivity contribution is 6.10. The molecular weight excluding hydrogens is 578 g/mol. The molecule has 0 fully saturated rings. The van der Waals surface area contributed by atoms with E-state index in [-0.39, 0.29) is 0 Å². The van der Waals surface area contributed by atoms with Crippen molar-refractivity contribution in [2.75, 3.05) is 0 Å². The Kier molecular flexibility index (Phi) is 6.76. The topological polar surface area (TPSA) is 104 Å². The molecule has 0 radical (unpaired) electrons. The highest BCUT2D eigenvalue weighted by atomic mass is 15.0. The minimum atomic E-state index is 0.541. The highest BCUT2D eigenvalue weighted by Gasteiger charge is 2.19. The van der Waals surface area contributed by atoms with E-state index in [0.29, 0.717) is 28.6 Å². The highest BCUT2D eigenvalue weighted by Crippen LogP contribution is 2.38. The van der Waals surface area contributed by atoms with Crippen LogP contribution >= 0.6 is 0 Å². The molecule has 0 aliphatic carbocycles. The van der Waals surface area contributed by atoms with Crippen LogP contribution < -0.4 is 0 Å². The molecule has 7 heteroatoms. The summed E-state index contributed by atoms with van der Waals surface area (Å²) in [5.41, 5.74) is 8.38. The van der Waals surface area contributed by atoms with Gasteiger partial charge in [0, 0.05) is 45.4 Å².